The molecule has 4 rings (SSSR count). The summed E-state index contributed by atoms with van der Waals surface area (Å²) in [5.74, 6) is 0.586. The lowest BCUT2D eigenvalue weighted by Crippen LogP contribution is -2.42. The normalized spacial score (nSPS) is 10.9. The van der Waals surface area contributed by atoms with Crippen LogP contribution in [0.5, 0.6) is 5.75 Å². The zero-order chi connectivity index (χ0) is 24.9. The molecule has 0 atom stereocenters. The lowest BCUT2D eigenvalue weighted by molar-refractivity contribution is -0.117. The van der Waals surface area contributed by atoms with Crippen LogP contribution in [-0.4, -0.2) is 46.0 Å². The highest BCUT2D eigenvalue weighted by atomic mass is 16.5. The highest BCUT2D eigenvalue weighted by Crippen LogP contribution is 2.26. The number of imidazole rings is 1. The topological polar surface area (TPSA) is 89.6 Å². The fourth-order valence-electron chi connectivity index (χ4n) is 3.62. The number of carbonyl (C=O) groups excluding carboxylic acids is 2. The number of furan rings is 1. The van der Waals surface area contributed by atoms with Crippen molar-refractivity contribution in [3.8, 4) is 22.7 Å². The first-order chi connectivity index (χ1) is 16.9. The first-order valence-corrected chi connectivity index (χ1v) is 11.3. The van der Waals surface area contributed by atoms with Crippen LogP contribution in [0.1, 0.15) is 30.0 Å². The third-order valence-electron chi connectivity index (χ3n) is 5.59. The molecule has 0 spiro atoms. The van der Waals surface area contributed by atoms with Crippen LogP contribution in [0.2, 0.25) is 0 Å². The molecule has 2 amide bonds. The molecule has 0 radical (unpaired) electrons. The number of nitrogens with zero attached hydrogens (tertiary/aromatic N) is 3. The van der Waals surface area contributed by atoms with Gasteiger partial charge in [-0.15, -0.1) is 0 Å². The van der Waals surface area contributed by atoms with Crippen molar-refractivity contribution in [1.82, 2.24) is 14.5 Å². The number of rotatable bonds is 8. The van der Waals surface area contributed by atoms with Crippen LogP contribution in [0.25, 0.3) is 16.9 Å². The summed E-state index contributed by atoms with van der Waals surface area (Å²) in [5.41, 5.74) is 3.55. The van der Waals surface area contributed by atoms with E-state index < -0.39 is 0 Å². The lowest BCUT2D eigenvalue weighted by Gasteiger charge is -2.25. The summed E-state index contributed by atoms with van der Waals surface area (Å²) in [6.45, 7) is 5.57. The average molecular weight is 473 g/mol. The van der Waals surface area contributed by atoms with Crippen LogP contribution in [-0.2, 0) is 4.79 Å². The highest BCUT2D eigenvalue weighted by Gasteiger charge is 2.24. The van der Waals surface area contributed by atoms with Crippen molar-refractivity contribution in [2.45, 2.75) is 26.8 Å². The molecule has 0 fully saturated rings. The molecule has 0 saturated carbocycles. The zero-order valence-corrected chi connectivity index (χ0v) is 20.2. The Labute approximate surface area is 204 Å². The molecule has 35 heavy (non-hydrogen) atoms. The quantitative estimate of drug-likeness (QED) is 0.392. The minimum atomic E-state index is -0.362. The number of anilines is 1. The van der Waals surface area contributed by atoms with Gasteiger partial charge < -0.3 is 14.1 Å². The van der Waals surface area contributed by atoms with E-state index in [0.717, 1.165) is 22.6 Å². The van der Waals surface area contributed by atoms with Crippen molar-refractivity contribution in [3.63, 3.8) is 0 Å². The van der Waals surface area contributed by atoms with Crippen molar-refractivity contribution >= 4 is 17.8 Å². The van der Waals surface area contributed by atoms with Gasteiger partial charge in [0.2, 0.25) is 11.9 Å². The molecule has 2 aromatic heterocycles. The Morgan fingerprint density at radius 3 is 2.40 bits per heavy atom. The van der Waals surface area contributed by atoms with E-state index in [-0.39, 0.29) is 30.2 Å². The van der Waals surface area contributed by atoms with E-state index in [9.17, 15) is 9.59 Å². The number of ether oxygens (including phenoxy) is 1. The van der Waals surface area contributed by atoms with E-state index in [1.54, 1.807) is 19.2 Å². The monoisotopic (exact) mass is 472 g/mol. The molecule has 0 aliphatic heterocycles. The second-order valence-corrected chi connectivity index (χ2v) is 8.44. The minimum Gasteiger partial charge on any atom is -0.497 e. The van der Waals surface area contributed by atoms with E-state index in [0.29, 0.717) is 11.6 Å². The molecule has 4 aromatic rings. The number of nitrogens with one attached hydrogen (secondary N) is 1. The molecule has 1 N–H and O–H groups in total. The van der Waals surface area contributed by atoms with Crippen LogP contribution in [0.4, 0.5) is 5.95 Å². The number of hydrogen-bond donors (Lipinski definition) is 1. The standard InChI is InChI=1S/C27H28N4O4/c1-18(2)30(26(33)24-6-5-15-35-24)17-25(32)29-27-28-23(20-9-13-22(34-4)14-10-20)16-31(27)21-11-7-19(3)8-12-21/h5-16,18H,17H2,1-4H3,(H,28,29,32). The molecular weight excluding hydrogens is 444 g/mol. The largest absolute Gasteiger partial charge is 0.497 e. The van der Waals surface area contributed by atoms with E-state index in [4.69, 9.17) is 9.15 Å². The van der Waals surface area contributed by atoms with Gasteiger partial charge in [0.05, 0.1) is 19.1 Å². The van der Waals surface area contributed by atoms with Gasteiger partial charge in [0, 0.05) is 23.5 Å². The number of benzene rings is 2. The van der Waals surface area contributed by atoms with E-state index in [1.165, 1.54) is 11.2 Å². The van der Waals surface area contributed by atoms with E-state index in [1.807, 2.05) is 80.1 Å². The maximum Gasteiger partial charge on any atom is 0.290 e. The van der Waals surface area contributed by atoms with Gasteiger partial charge in [0.1, 0.15) is 12.3 Å². The molecule has 0 unspecified atom stereocenters. The van der Waals surface area contributed by atoms with E-state index >= 15 is 0 Å². The van der Waals surface area contributed by atoms with Gasteiger partial charge in [-0.05, 0) is 69.3 Å². The Kier molecular flexibility index (Phi) is 7.01. The van der Waals surface area contributed by atoms with E-state index in [2.05, 4.69) is 10.3 Å². The first-order valence-electron chi connectivity index (χ1n) is 11.3. The second kappa shape index (κ2) is 10.3. The Balaban J connectivity index is 1.62. The third-order valence-corrected chi connectivity index (χ3v) is 5.59. The maximum absolute atomic E-state index is 13.1. The number of amides is 2. The summed E-state index contributed by atoms with van der Waals surface area (Å²) in [6, 6.07) is 18.5. The molecule has 8 heteroatoms. The summed E-state index contributed by atoms with van der Waals surface area (Å²) in [6.07, 6.45) is 3.31. The van der Waals surface area contributed by atoms with Crippen LogP contribution in [0, 0.1) is 6.92 Å². The second-order valence-electron chi connectivity index (χ2n) is 8.44. The summed E-state index contributed by atoms with van der Waals surface area (Å²) in [5, 5.41) is 2.89. The van der Waals surface area contributed by atoms with Gasteiger partial charge in [-0.25, -0.2) is 4.98 Å². The SMILES string of the molecule is COc1ccc(-c2cn(-c3ccc(C)cc3)c(NC(=O)CN(C(=O)c3ccco3)C(C)C)n2)cc1. The van der Waals surface area contributed by atoms with Gasteiger partial charge in [0.25, 0.3) is 5.91 Å². The number of aryl methyl sites for hydroxylation is 1. The Hall–Kier alpha value is -4.33. The Morgan fingerprint density at radius 2 is 1.80 bits per heavy atom. The van der Waals surface area contributed by atoms with Crippen molar-refractivity contribution in [2.24, 2.45) is 0 Å². The minimum absolute atomic E-state index is 0.143. The average Bonchev–Trinajstić information content (AvgIpc) is 3.53. The van der Waals surface area contributed by atoms with Crippen molar-refractivity contribution < 1.29 is 18.7 Å². The van der Waals surface area contributed by atoms with Gasteiger partial charge in [-0.3, -0.25) is 19.5 Å². The first kappa shape index (κ1) is 23.8. The molecule has 0 aliphatic rings. The number of aromatic nitrogens is 2. The highest BCUT2D eigenvalue weighted by molar-refractivity contribution is 5.97. The maximum atomic E-state index is 13.1. The van der Waals surface area contributed by atoms with Crippen molar-refractivity contribution in [1.29, 1.82) is 0 Å². The van der Waals surface area contributed by atoms with Crippen molar-refractivity contribution in [2.75, 3.05) is 19.0 Å². The molecule has 2 heterocycles. The lowest BCUT2D eigenvalue weighted by atomic mass is 10.1. The van der Waals surface area contributed by atoms with Gasteiger partial charge >= 0.3 is 0 Å². The molecule has 0 saturated heterocycles. The van der Waals surface area contributed by atoms with Crippen molar-refractivity contribution in [3.05, 3.63) is 84.4 Å². The predicted octanol–water partition coefficient (Wildman–Crippen LogP) is 4.94. The summed E-state index contributed by atoms with van der Waals surface area (Å²) >= 11 is 0. The summed E-state index contributed by atoms with van der Waals surface area (Å²) in [4.78, 5) is 32.0. The predicted molar refractivity (Wildman–Crippen MR) is 134 cm³/mol. The Morgan fingerprint density at radius 1 is 1.09 bits per heavy atom. The molecule has 180 valence electrons. The summed E-state index contributed by atoms with van der Waals surface area (Å²) < 4.78 is 12.3. The van der Waals surface area contributed by atoms with Crippen LogP contribution in [0.3, 0.4) is 0 Å². The molecule has 0 bridgehead atoms. The summed E-state index contributed by atoms with van der Waals surface area (Å²) in [7, 11) is 1.62. The van der Waals surface area contributed by atoms with Gasteiger partial charge in [-0.1, -0.05) is 17.7 Å². The molecular formula is C27H28N4O4. The number of hydrogen-bond acceptors (Lipinski definition) is 5. The fourth-order valence-corrected chi connectivity index (χ4v) is 3.62. The zero-order valence-electron chi connectivity index (χ0n) is 20.2. The van der Waals surface area contributed by atoms with Gasteiger partial charge in [-0.2, -0.15) is 0 Å². The van der Waals surface area contributed by atoms with Crippen LogP contribution in [0.15, 0.2) is 77.5 Å². The number of methoxy groups -OCH3 is 1. The molecule has 0 aliphatic carbocycles. The van der Waals surface area contributed by atoms with Crippen LogP contribution >= 0.6 is 0 Å². The Bertz CT molecular complexity index is 1290. The number of carbonyl (C=O) groups is 2. The third kappa shape index (κ3) is 5.43. The molecule has 2 aromatic carbocycles. The molecule has 8 nitrogen and oxygen atoms in total. The van der Waals surface area contributed by atoms with Gasteiger partial charge in [0.15, 0.2) is 5.76 Å². The smallest absolute Gasteiger partial charge is 0.290 e. The fraction of sp³-hybridized carbons (Fsp3) is 0.222. The van der Waals surface area contributed by atoms with Crippen LogP contribution < -0.4 is 10.1 Å².